The lowest BCUT2D eigenvalue weighted by Gasteiger charge is -2.31. The average Bonchev–Trinajstić information content (AvgIpc) is 2.16. The second-order valence-electron chi connectivity index (χ2n) is 4.41. The maximum absolute atomic E-state index is 5.67. The number of aromatic nitrogens is 2. The maximum Gasteiger partial charge on any atom is 0.232 e. The van der Waals surface area contributed by atoms with E-state index in [2.05, 4.69) is 23.8 Å². The van der Waals surface area contributed by atoms with E-state index in [1.807, 2.05) is 0 Å². The van der Waals surface area contributed by atoms with Gasteiger partial charge in [-0.05, 0) is 18.8 Å². The molecule has 1 aliphatic rings. The number of hydrogen-bond donors (Lipinski definition) is 1. The van der Waals surface area contributed by atoms with Gasteiger partial charge >= 0.3 is 0 Å². The van der Waals surface area contributed by atoms with Crippen molar-refractivity contribution in [2.45, 2.75) is 44.8 Å². The van der Waals surface area contributed by atoms with Crippen LogP contribution in [-0.2, 0) is 0 Å². The summed E-state index contributed by atoms with van der Waals surface area (Å²) in [5.41, 5.74) is 6.66. The van der Waals surface area contributed by atoms with Gasteiger partial charge in [-0.1, -0.05) is 13.8 Å². The minimum absolute atomic E-state index is 0.235. The normalized spacial score (nSPS) is 25.1. The van der Waals surface area contributed by atoms with Crippen LogP contribution in [0.2, 0.25) is 0 Å². The molecule has 1 aliphatic carbocycles. The van der Waals surface area contributed by atoms with Crippen molar-refractivity contribution in [2.24, 2.45) is 5.73 Å². The Hall–Kier alpha value is -1.16. The third-order valence-corrected chi connectivity index (χ3v) is 2.66. The molecule has 0 amide bonds. The Morgan fingerprint density at radius 3 is 2.53 bits per heavy atom. The number of hydrogen-bond acceptors (Lipinski definition) is 4. The van der Waals surface area contributed by atoms with Crippen LogP contribution in [0.4, 0.5) is 0 Å². The van der Waals surface area contributed by atoms with Gasteiger partial charge < -0.3 is 10.5 Å². The molecule has 0 aromatic carbocycles. The molecule has 0 aliphatic heterocycles. The van der Waals surface area contributed by atoms with Gasteiger partial charge in [0.25, 0.3) is 0 Å². The molecule has 0 atom stereocenters. The van der Waals surface area contributed by atoms with Crippen molar-refractivity contribution in [1.82, 2.24) is 9.97 Å². The van der Waals surface area contributed by atoms with Crippen molar-refractivity contribution >= 4 is 0 Å². The quantitative estimate of drug-likeness (QED) is 0.815. The maximum atomic E-state index is 5.67. The zero-order chi connectivity index (χ0) is 10.8. The van der Waals surface area contributed by atoms with Gasteiger partial charge in [0, 0.05) is 6.04 Å². The molecular weight excluding hydrogens is 190 g/mol. The van der Waals surface area contributed by atoms with E-state index in [-0.39, 0.29) is 6.10 Å². The molecule has 0 unspecified atom stereocenters. The molecule has 15 heavy (non-hydrogen) atoms. The predicted molar refractivity (Wildman–Crippen MR) is 57.7 cm³/mol. The molecule has 1 aromatic rings. The predicted octanol–water partition coefficient (Wildman–Crippen LogP) is 1.47. The molecule has 0 bridgehead atoms. The first-order chi connectivity index (χ1) is 7.15. The zero-order valence-corrected chi connectivity index (χ0v) is 9.18. The highest BCUT2D eigenvalue weighted by atomic mass is 16.5. The van der Waals surface area contributed by atoms with Crippen LogP contribution in [-0.4, -0.2) is 22.1 Å². The molecule has 1 aromatic heterocycles. The number of ether oxygens (including phenoxy) is 1. The summed E-state index contributed by atoms with van der Waals surface area (Å²) in [5.74, 6) is 1.01. The zero-order valence-electron chi connectivity index (χ0n) is 9.18. The largest absolute Gasteiger partial charge is 0.473 e. The number of rotatable bonds is 3. The molecule has 1 heterocycles. The van der Waals surface area contributed by atoms with Crippen molar-refractivity contribution in [3.8, 4) is 5.88 Å². The van der Waals surface area contributed by atoms with E-state index in [1.165, 1.54) is 0 Å². The summed E-state index contributed by atoms with van der Waals surface area (Å²) >= 11 is 0. The fourth-order valence-corrected chi connectivity index (χ4v) is 1.56. The molecule has 0 radical (unpaired) electrons. The van der Waals surface area contributed by atoms with Crippen molar-refractivity contribution in [3.05, 3.63) is 18.1 Å². The minimum atomic E-state index is 0.235. The van der Waals surface area contributed by atoms with Crippen molar-refractivity contribution in [2.75, 3.05) is 0 Å². The van der Waals surface area contributed by atoms with Gasteiger partial charge in [-0.25, -0.2) is 4.98 Å². The highest BCUT2D eigenvalue weighted by Crippen LogP contribution is 2.23. The lowest BCUT2D eigenvalue weighted by atomic mass is 9.90. The number of nitrogens with two attached hydrogens (primary N) is 1. The van der Waals surface area contributed by atoms with Crippen LogP contribution in [0.25, 0.3) is 0 Å². The molecule has 1 fully saturated rings. The second-order valence-corrected chi connectivity index (χ2v) is 4.41. The van der Waals surface area contributed by atoms with Crippen LogP contribution in [0.15, 0.2) is 12.4 Å². The fourth-order valence-electron chi connectivity index (χ4n) is 1.56. The van der Waals surface area contributed by atoms with Crippen LogP contribution < -0.4 is 10.5 Å². The summed E-state index contributed by atoms with van der Waals surface area (Å²) in [5, 5.41) is 0. The first-order valence-electron chi connectivity index (χ1n) is 5.39. The lowest BCUT2D eigenvalue weighted by molar-refractivity contribution is 0.0953. The van der Waals surface area contributed by atoms with Crippen LogP contribution in [0.1, 0.15) is 38.3 Å². The van der Waals surface area contributed by atoms with Crippen molar-refractivity contribution < 1.29 is 4.74 Å². The van der Waals surface area contributed by atoms with E-state index in [0.29, 0.717) is 17.8 Å². The molecule has 2 rings (SSSR count). The van der Waals surface area contributed by atoms with E-state index in [4.69, 9.17) is 10.5 Å². The average molecular weight is 207 g/mol. The summed E-state index contributed by atoms with van der Waals surface area (Å²) in [6.45, 7) is 4.19. The SMILES string of the molecule is CC(C)c1cnc(O[C@H]2C[C@H](N)C2)cn1. The molecule has 2 N–H and O–H groups in total. The van der Waals surface area contributed by atoms with E-state index >= 15 is 0 Å². The fraction of sp³-hybridized carbons (Fsp3) is 0.636. The van der Waals surface area contributed by atoms with E-state index in [9.17, 15) is 0 Å². The van der Waals surface area contributed by atoms with Crippen LogP contribution >= 0.6 is 0 Å². The molecular formula is C11H17N3O. The van der Waals surface area contributed by atoms with Gasteiger partial charge in [-0.2, -0.15) is 0 Å². The highest BCUT2D eigenvalue weighted by molar-refractivity contribution is 5.10. The first-order valence-corrected chi connectivity index (χ1v) is 5.39. The Kier molecular flexibility index (Phi) is 2.86. The van der Waals surface area contributed by atoms with Gasteiger partial charge in [0.2, 0.25) is 5.88 Å². The topological polar surface area (TPSA) is 61.0 Å². The van der Waals surface area contributed by atoms with Crippen molar-refractivity contribution in [3.63, 3.8) is 0 Å². The van der Waals surface area contributed by atoms with Gasteiger partial charge in [0.05, 0.1) is 18.1 Å². The molecule has 1 saturated carbocycles. The Balaban J connectivity index is 1.92. The Morgan fingerprint density at radius 1 is 1.33 bits per heavy atom. The van der Waals surface area contributed by atoms with E-state index in [0.717, 1.165) is 18.5 Å². The molecule has 0 saturated heterocycles. The Bertz CT molecular complexity index is 317. The summed E-state index contributed by atoms with van der Waals surface area (Å²) in [6, 6.07) is 0.304. The third kappa shape index (κ3) is 2.45. The monoisotopic (exact) mass is 207 g/mol. The molecule has 0 spiro atoms. The van der Waals surface area contributed by atoms with E-state index in [1.54, 1.807) is 12.4 Å². The summed E-state index contributed by atoms with van der Waals surface area (Å²) in [7, 11) is 0. The summed E-state index contributed by atoms with van der Waals surface area (Å²) < 4.78 is 5.60. The van der Waals surface area contributed by atoms with Gasteiger partial charge in [0.15, 0.2) is 0 Å². The number of nitrogens with zero attached hydrogens (tertiary/aromatic N) is 2. The molecule has 4 nitrogen and oxygen atoms in total. The Morgan fingerprint density at radius 2 is 2.07 bits per heavy atom. The second kappa shape index (κ2) is 4.14. The summed E-state index contributed by atoms with van der Waals surface area (Å²) in [6.07, 6.45) is 5.55. The van der Waals surface area contributed by atoms with Crippen LogP contribution in [0, 0.1) is 0 Å². The smallest absolute Gasteiger partial charge is 0.232 e. The lowest BCUT2D eigenvalue weighted by Crippen LogP contribution is -2.43. The highest BCUT2D eigenvalue weighted by Gasteiger charge is 2.27. The van der Waals surface area contributed by atoms with Gasteiger partial charge in [-0.3, -0.25) is 4.98 Å². The minimum Gasteiger partial charge on any atom is -0.473 e. The van der Waals surface area contributed by atoms with Crippen LogP contribution in [0.3, 0.4) is 0 Å². The van der Waals surface area contributed by atoms with Crippen molar-refractivity contribution in [1.29, 1.82) is 0 Å². The molecule has 4 heteroatoms. The third-order valence-electron chi connectivity index (χ3n) is 2.66. The Labute approximate surface area is 89.9 Å². The summed E-state index contributed by atoms with van der Waals surface area (Å²) in [4.78, 5) is 8.51. The van der Waals surface area contributed by atoms with E-state index < -0.39 is 0 Å². The van der Waals surface area contributed by atoms with Gasteiger partial charge in [-0.15, -0.1) is 0 Å². The van der Waals surface area contributed by atoms with Crippen LogP contribution in [0.5, 0.6) is 5.88 Å². The standard InChI is InChI=1S/C11H17N3O/c1-7(2)10-5-14-11(6-13-10)15-9-3-8(12)4-9/h5-9H,3-4,12H2,1-2H3/t8-,9-. The first kappa shape index (κ1) is 10.4. The van der Waals surface area contributed by atoms with Gasteiger partial charge in [0.1, 0.15) is 6.10 Å². The molecule has 82 valence electrons.